The van der Waals surface area contributed by atoms with Gasteiger partial charge in [-0.2, -0.15) is 13.2 Å². The fraction of sp³-hybridized carbons (Fsp3) is 0.400. The van der Waals surface area contributed by atoms with Crippen molar-refractivity contribution in [2.75, 3.05) is 0 Å². The first-order valence-corrected chi connectivity index (χ1v) is 2.21. The number of alkyl halides is 3. The first-order chi connectivity index (χ1) is 3.98. The van der Waals surface area contributed by atoms with Gasteiger partial charge in [-0.05, 0) is 6.92 Å². The van der Waals surface area contributed by atoms with Crippen LogP contribution in [0.25, 0.3) is 0 Å². The maximum Gasteiger partial charge on any atom is 0.429 e. The summed E-state index contributed by atoms with van der Waals surface area (Å²) in [5.41, 5.74) is -0.877. The Hall–Kier alpha value is -0.800. The summed E-state index contributed by atoms with van der Waals surface area (Å²) in [6.07, 6.45) is -3.45. The zero-order valence-electron chi connectivity index (χ0n) is 4.87. The second-order valence-electron chi connectivity index (χ2n) is 1.39. The molecule has 0 heterocycles. The molecule has 0 aromatic heterocycles. The van der Waals surface area contributed by atoms with Gasteiger partial charge in [-0.25, -0.2) is 0 Å². The molecule has 52 valence electrons. The van der Waals surface area contributed by atoms with E-state index in [1.807, 2.05) is 0 Å². The van der Waals surface area contributed by atoms with Gasteiger partial charge in [0, 0.05) is 6.20 Å². The fourth-order valence-electron chi connectivity index (χ4n) is 0.210. The Morgan fingerprint density at radius 3 is 2.11 bits per heavy atom. The molecule has 0 amide bonds. The SMILES string of the molecule is C=C/N=C(\C)C(F)(F)F. The molecule has 0 N–H and O–H groups in total. The molecule has 0 rings (SSSR count). The predicted molar refractivity (Wildman–Crippen MR) is 29.4 cm³/mol. The van der Waals surface area contributed by atoms with Crippen molar-refractivity contribution in [3.63, 3.8) is 0 Å². The number of hydrogen-bond donors (Lipinski definition) is 0. The monoisotopic (exact) mass is 137 g/mol. The van der Waals surface area contributed by atoms with E-state index in [4.69, 9.17) is 0 Å². The number of aliphatic imine (C=N–C) groups is 1. The van der Waals surface area contributed by atoms with E-state index in [2.05, 4.69) is 11.6 Å². The van der Waals surface area contributed by atoms with Gasteiger partial charge in [0.1, 0.15) is 5.71 Å². The minimum Gasteiger partial charge on any atom is -0.257 e. The molecule has 0 spiro atoms. The quantitative estimate of drug-likeness (QED) is 0.491. The van der Waals surface area contributed by atoms with Crippen LogP contribution in [-0.2, 0) is 0 Å². The first-order valence-electron chi connectivity index (χ1n) is 2.21. The summed E-state index contributed by atoms with van der Waals surface area (Å²) < 4.78 is 34.4. The Bertz CT molecular complexity index is 134. The summed E-state index contributed by atoms with van der Waals surface area (Å²) >= 11 is 0. The summed E-state index contributed by atoms with van der Waals surface area (Å²) in [5, 5.41) is 0. The summed E-state index contributed by atoms with van der Waals surface area (Å²) in [6, 6.07) is 0. The molecule has 9 heavy (non-hydrogen) atoms. The molecule has 0 aromatic carbocycles. The Morgan fingerprint density at radius 1 is 1.56 bits per heavy atom. The molecule has 1 nitrogen and oxygen atoms in total. The number of nitrogens with zero attached hydrogens (tertiary/aromatic N) is 1. The largest absolute Gasteiger partial charge is 0.429 e. The molecule has 0 aliphatic rings. The van der Waals surface area contributed by atoms with Crippen LogP contribution >= 0.6 is 0 Å². The Labute approximate surface area is 50.9 Å². The lowest BCUT2D eigenvalue weighted by atomic mass is 10.4. The van der Waals surface area contributed by atoms with Crippen molar-refractivity contribution in [3.05, 3.63) is 12.8 Å². The van der Waals surface area contributed by atoms with E-state index in [9.17, 15) is 13.2 Å². The van der Waals surface area contributed by atoms with Gasteiger partial charge in [0.05, 0.1) is 0 Å². The third kappa shape index (κ3) is 2.90. The van der Waals surface area contributed by atoms with E-state index in [-0.39, 0.29) is 0 Å². The van der Waals surface area contributed by atoms with Gasteiger partial charge in [-0.15, -0.1) is 0 Å². The third-order valence-electron chi connectivity index (χ3n) is 0.695. The van der Waals surface area contributed by atoms with E-state index < -0.39 is 11.9 Å². The van der Waals surface area contributed by atoms with Crippen LogP contribution in [0.4, 0.5) is 13.2 Å². The van der Waals surface area contributed by atoms with Crippen LogP contribution in [-0.4, -0.2) is 11.9 Å². The molecule has 0 aromatic rings. The second kappa shape index (κ2) is 2.66. The predicted octanol–water partition coefficient (Wildman–Crippen LogP) is 2.15. The highest BCUT2D eigenvalue weighted by atomic mass is 19.4. The molecule has 0 saturated heterocycles. The van der Waals surface area contributed by atoms with Crippen molar-refractivity contribution in [3.8, 4) is 0 Å². The van der Waals surface area contributed by atoms with Gasteiger partial charge >= 0.3 is 6.18 Å². The van der Waals surface area contributed by atoms with E-state index in [0.717, 1.165) is 13.1 Å². The zero-order chi connectivity index (χ0) is 7.49. The molecule has 0 unspecified atom stereocenters. The van der Waals surface area contributed by atoms with E-state index in [0.29, 0.717) is 0 Å². The smallest absolute Gasteiger partial charge is 0.257 e. The summed E-state index contributed by atoms with van der Waals surface area (Å²) in [7, 11) is 0. The van der Waals surface area contributed by atoms with Crippen molar-refractivity contribution in [2.45, 2.75) is 13.1 Å². The molecule has 0 fully saturated rings. The normalized spacial score (nSPS) is 13.6. The van der Waals surface area contributed by atoms with Crippen LogP contribution in [0, 0.1) is 0 Å². The van der Waals surface area contributed by atoms with Crippen LogP contribution in [0.2, 0.25) is 0 Å². The van der Waals surface area contributed by atoms with Gasteiger partial charge in [0.25, 0.3) is 0 Å². The topological polar surface area (TPSA) is 12.4 Å². The lowest BCUT2D eigenvalue weighted by Gasteiger charge is -2.01. The highest BCUT2D eigenvalue weighted by Gasteiger charge is 2.31. The lowest BCUT2D eigenvalue weighted by Crippen LogP contribution is -2.18. The first kappa shape index (κ1) is 8.20. The van der Waals surface area contributed by atoms with Crippen molar-refractivity contribution in [2.24, 2.45) is 4.99 Å². The highest BCUT2D eigenvalue weighted by Crippen LogP contribution is 2.16. The van der Waals surface area contributed by atoms with Gasteiger partial charge in [-0.3, -0.25) is 4.99 Å². The van der Waals surface area contributed by atoms with Gasteiger partial charge in [-0.1, -0.05) is 6.58 Å². The average molecular weight is 137 g/mol. The number of hydrogen-bond acceptors (Lipinski definition) is 1. The lowest BCUT2D eigenvalue weighted by molar-refractivity contribution is -0.0591. The van der Waals surface area contributed by atoms with Crippen molar-refractivity contribution in [1.82, 2.24) is 0 Å². The molecule has 0 radical (unpaired) electrons. The minimum absolute atomic E-state index is 0.864. The van der Waals surface area contributed by atoms with Crippen LogP contribution in [0.15, 0.2) is 17.8 Å². The van der Waals surface area contributed by atoms with Crippen molar-refractivity contribution < 1.29 is 13.2 Å². The summed E-state index contributed by atoms with van der Waals surface area (Å²) in [4.78, 5) is 2.95. The van der Waals surface area contributed by atoms with E-state index >= 15 is 0 Å². The van der Waals surface area contributed by atoms with Crippen LogP contribution < -0.4 is 0 Å². The molecule has 4 heteroatoms. The molecule has 0 atom stereocenters. The highest BCUT2D eigenvalue weighted by molar-refractivity contribution is 5.87. The van der Waals surface area contributed by atoms with Gasteiger partial charge in [0.15, 0.2) is 0 Å². The fourth-order valence-corrected chi connectivity index (χ4v) is 0.210. The molecule has 0 saturated carbocycles. The second-order valence-corrected chi connectivity index (χ2v) is 1.39. The molecule has 0 aliphatic heterocycles. The summed E-state index contributed by atoms with van der Waals surface area (Å²) in [5.74, 6) is 0. The third-order valence-corrected chi connectivity index (χ3v) is 0.695. The number of rotatable bonds is 1. The Morgan fingerprint density at radius 2 is 2.00 bits per heavy atom. The molecular weight excluding hydrogens is 131 g/mol. The average Bonchev–Trinajstić information content (AvgIpc) is 1.64. The van der Waals surface area contributed by atoms with Crippen molar-refractivity contribution in [1.29, 1.82) is 0 Å². The molecule has 0 bridgehead atoms. The minimum atomic E-state index is -4.31. The number of halogens is 3. The standard InChI is InChI=1S/C5H6F3N/c1-3-9-4(2)5(6,7)8/h3H,1H2,2H3/b9-4+. The maximum absolute atomic E-state index is 11.5. The molecular formula is C5H6F3N. The van der Waals surface area contributed by atoms with Crippen LogP contribution in [0.1, 0.15) is 6.92 Å². The van der Waals surface area contributed by atoms with Crippen LogP contribution in [0.3, 0.4) is 0 Å². The maximum atomic E-state index is 11.5. The molecule has 0 aliphatic carbocycles. The van der Waals surface area contributed by atoms with Crippen LogP contribution in [0.5, 0.6) is 0 Å². The van der Waals surface area contributed by atoms with Crippen molar-refractivity contribution >= 4 is 5.71 Å². The van der Waals surface area contributed by atoms with E-state index in [1.54, 1.807) is 0 Å². The zero-order valence-corrected chi connectivity index (χ0v) is 4.87. The van der Waals surface area contributed by atoms with E-state index in [1.165, 1.54) is 0 Å². The summed E-state index contributed by atoms with van der Waals surface area (Å²) in [6.45, 7) is 3.92. The van der Waals surface area contributed by atoms with Gasteiger partial charge in [0.2, 0.25) is 0 Å². The van der Waals surface area contributed by atoms with Gasteiger partial charge < -0.3 is 0 Å². The Balaban J connectivity index is 4.19. The Kier molecular flexibility index (Phi) is 2.42.